The van der Waals surface area contributed by atoms with Crippen molar-refractivity contribution in [3.05, 3.63) is 64.5 Å². The van der Waals surface area contributed by atoms with Gasteiger partial charge in [0.1, 0.15) is 0 Å². The van der Waals surface area contributed by atoms with Gasteiger partial charge < -0.3 is 4.74 Å². The number of ether oxygens (including phenoxy) is 1. The minimum Gasteiger partial charge on any atom is -0.416 e. The Labute approximate surface area is 127 Å². The molecule has 0 heterocycles. The highest BCUT2D eigenvalue weighted by Gasteiger charge is 2.28. The first kappa shape index (κ1) is 16.5. The first-order valence-corrected chi connectivity index (χ1v) is 6.13. The topological polar surface area (TPSA) is 26.3 Å². The minimum atomic E-state index is -2.33. The van der Waals surface area contributed by atoms with Gasteiger partial charge in [0.2, 0.25) is 34.8 Å². The van der Waals surface area contributed by atoms with Crippen molar-refractivity contribution in [2.75, 3.05) is 0 Å². The second-order valence-corrected chi connectivity index (χ2v) is 4.24. The van der Waals surface area contributed by atoms with Crippen molar-refractivity contribution in [2.45, 2.75) is 6.92 Å². The van der Waals surface area contributed by atoms with Crippen LogP contribution in [0.25, 0.3) is 0 Å². The van der Waals surface area contributed by atoms with E-state index in [1.54, 1.807) is 6.92 Å². The van der Waals surface area contributed by atoms with Crippen molar-refractivity contribution in [1.29, 1.82) is 0 Å². The molecule has 0 spiro atoms. The number of halogens is 5. The quantitative estimate of drug-likeness (QED) is 0.208. The molecular formula is C16H7F5O2. The molecule has 0 radical (unpaired) electrons. The summed E-state index contributed by atoms with van der Waals surface area (Å²) in [6.45, 7) is 1.60. The number of benzene rings is 2. The summed E-state index contributed by atoms with van der Waals surface area (Å²) in [7, 11) is 0. The fraction of sp³-hybridized carbons (Fsp3) is 0.0625. The van der Waals surface area contributed by atoms with Crippen molar-refractivity contribution < 1.29 is 31.5 Å². The van der Waals surface area contributed by atoms with Crippen LogP contribution in [0.1, 0.15) is 22.8 Å². The number of hydrogen-bond acceptors (Lipinski definition) is 2. The Morgan fingerprint density at radius 2 is 1.35 bits per heavy atom. The highest BCUT2D eigenvalue weighted by atomic mass is 19.2. The summed E-state index contributed by atoms with van der Waals surface area (Å²) in [5.41, 5.74) is 0.427. The molecule has 0 bridgehead atoms. The zero-order valence-corrected chi connectivity index (χ0v) is 11.5. The summed E-state index contributed by atoms with van der Waals surface area (Å²) >= 11 is 0. The Balaban J connectivity index is 2.35. The molecule has 2 rings (SSSR count). The molecule has 0 saturated heterocycles. The average Bonchev–Trinajstić information content (AvgIpc) is 2.56. The number of esters is 1. The SMILES string of the molecule is CC#Cc1ccc(C(=O)Oc2c(F)c(F)c(F)c(F)c2F)cc1. The maximum atomic E-state index is 13.4. The monoisotopic (exact) mass is 326 g/mol. The lowest BCUT2D eigenvalue weighted by molar-refractivity contribution is 0.0716. The molecule has 2 aromatic carbocycles. The van der Waals surface area contributed by atoms with E-state index < -0.39 is 40.8 Å². The van der Waals surface area contributed by atoms with Crippen LogP contribution in [0.15, 0.2) is 24.3 Å². The molecule has 0 aliphatic carbocycles. The average molecular weight is 326 g/mol. The normalized spacial score (nSPS) is 10.0. The van der Waals surface area contributed by atoms with Crippen LogP contribution in [0.5, 0.6) is 5.75 Å². The van der Waals surface area contributed by atoms with E-state index >= 15 is 0 Å². The number of carbonyl (C=O) groups excluding carboxylic acids is 1. The zero-order valence-electron chi connectivity index (χ0n) is 11.5. The van der Waals surface area contributed by atoms with E-state index in [0.29, 0.717) is 5.56 Å². The largest absolute Gasteiger partial charge is 0.416 e. The predicted molar refractivity (Wildman–Crippen MR) is 70.2 cm³/mol. The molecule has 0 fully saturated rings. The van der Waals surface area contributed by atoms with Crippen molar-refractivity contribution in [3.63, 3.8) is 0 Å². The summed E-state index contributed by atoms with van der Waals surface area (Å²) < 4.78 is 70.1. The Kier molecular flexibility index (Phi) is 4.65. The van der Waals surface area contributed by atoms with Gasteiger partial charge in [0.25, 0.3) is 0 Å². The van der Waals surface area contributed by atoms with Crippen LogP contribution in [0.4, 0.5) is 22.0 Å². The highest BCUT2D eigenvalue weighted by molar-refractivity contribution is 5.91. The van der Waals surface area contributed by atoms with Gasteiger partial charge in [-0.05, 0) is 31.2 Å². The van der Waals surface area contributed by atoms with Crippen LogP contribution in [0.2, 0.25) is 0 Å². The smallest absolute Gasteiger partial charge is 0.343 e. The second-order valence-electron chi connectivity index (χ2n) is 4.24. The molecule has 23 heavy (non-hydrogen) atoms. The van der Waals surface area contributed by atoms with E-state index in [1.807, 2.05) is 0 Å². The van der Waals surface area contributed by atoms with Crippen LogP contribution in [0.3, 0.4) is 0 Å². The van der Waals surface area contributed by atoms with E-state index in [1.165, 1.54) is 24.3 Å². The molecule has 0 atom stereocenters. The Morgan fingerprint density at radius 3 is 1.83 bits per heavy atom. The molecule has 0 aliphatic heterocycles. The summed E-state index contributed by atoms with van der Waals surface area (Å²) in [6.07, 6.45) is 0. The van der Waals surface area contributed by atoms with Crippen molar-refractivity contribution >= 4 is 5.97 Å². The number of carbonyl (C=O) groups is 1. The molecule has 118 valence electrons. The molecule has 0 amide bonds. The van der Waals surface area contributed by atoms with Crippen molar-refractivity contribution in [3.8, 4) is 17.6 Å². The summed E-state index contributed by atoms with van der Waals surface area (Å²) in [5, 5.41) is 0. The van der Waals surface area contributed by atoms with Gasteiger partial charge in [-0.3, -0.25) is 0 Å². The van der Waals surface area contributed by atoms with Gasteiger partial charge in [-0.1, -0.05) is 5.92 Å². The minimum absolute atomic E-state index is 0.143. The molecule has 2 nitrogen and oxygen atoms in total. The van der Waals surface area contributed by atoms with Gasteiger partial charge in [0.15, 0.2) is 0 Å². The third-order valence-corrected chi connectivity index (χ3v) is 2.75. The standard InChI is InChI=1S/C16H7F5O2/c1-2-3-8-4-6-9(7-5-8)16(22)23-15-13(20)11(18)10(17)12(19)14(15)21/h4-7H,1H3. The lowest BCUT2D eigenvalue weighted by atomic mass is 10.1. The Morgan fingerprint density at radius 1 is 0.870 bits per heavy atom. The van der Waals surface area contributed by atoms with Gasteiger partial charge in [-0.15, -0.1) is 5.92 Å². The Bertz CT molecular complexity index is 803. The van der Waals surface area contributed by atoms with Crippen LogP contribution in [-0.2, 0) is 0 Å². The lowest BCUT2D eigenvalue weighted by Crippen LogP contribution is -2.13. The molecular weight excluding hydrogens is 319 g/mol. The zero-order chi connectivity index (χ0) is 17.1. The predicted octanol–water partition coefficient (Wildman–Crippen LogP) is 3.97. The van der Waals surface area contributed by atoms with Crippen molar-refractivity contribution in [2.24, 2.45) is 0 Å². The summed E-state index contributed by atoms with van der Waals surface area (Å²) in [5.74, 6) is -8.76. The number of rotatable bonds is 2. The van der Waals surface area contributed by atoms with Crippen LogP contribution in [0, 0.1) is 40.9 Å². The van der Waals surface area contributed by atoms with E-state index in [9.17, 15) is 26.7 Å². The molecule has 0 aromatic heterocycles. The maximum Gasteiger partial charge on any atom is 0.343 e. The van der Waals surface area contributed by atoms with Gasteiger partial charge in [0.05, 0.1) is 5.56 Å². The van der Waals surface area contributed by atoms with E-state index in [2.05, 4.69) is 16.6 Å². The summed E-state index contributed by atoms with van der Waals surface area (Å²) in [4.78, 5) is 11.8. The second kappa shape index (κ2) is 6.48. The maximum absolute atomic E-state index is 13.4. The molecule has 0 saturated carbocycles. The van der Waals surface area contributed by atoms with Crippen LogP contribution >= 0.6 is 0 Å². The highest BCUT2D eigenvalue weighted by Crippen LogP contribution is 2.29. The van der Waals surface area contributed by atoms with E-state index in [4.69, 9.17) is 0 Å². The third kappa shape index (κ3) is 3.16. The van der Waals surface area contributed by atoms with Crippen LogP contribution in [-0.4, -0.2) is 5.97 Å². The van der Waals surface area contributed by atoms with Gasteiger partial charge in [-0.25, -0.2) is 18.0 Å². The third-order valence-electron chi connectivity index (χ3n) is 2.75. The molecule has 2 aromatic rings. The fourth-order valence-electron chi connectivity index (χ4n) is 1.66. The molecule has 0 N–H and O–H groups in total. The van der Waals surface area contributed by atoms with E-state index in [0.717, 1.165) is 0 Å². The molecule has 7 heteroatoms. The van der Waals surface area contributed by atoms with Gasteiger partial charge in [0, 0.05) is 5.56 Å². The van der Waals surface area contributed by atoms with Gasteiger partial charge >= 0.3 is 5.97 Å². The summed E-state index contributed by atoms with van der Waals surface area (Å²) in [6, 6.07) is 5.36. The lowest BCUT2D eigenvalue weighted by Gasteiger charge is -2.08. The molecule has 0 unspecified atom stereocenters. The fourth-order valence-corrected chi connectivity index (χ4v) is 1.66. The van der Waals surface area contributed by atoms with Crippen molar-refractivity contribution in [1.82, 2.24) is 0 Å². The van der Waals surface area contributed by atoms with Gasteiger partial charge in [-0.2, -0.15) is 8.78 Å². The first-order valence-electron chi connectivity index (χ1n) is 6.13. The Hall–Kier alpha value is -2.88. The molecule has 0 aliphatic rings. The first-order chi connectivity index (χ1) is 10.9. The van der Waals surface area contributed by atoms with Crippen LogP contribution < -0.4 is 4.74 Å². The van der Waals surface area contributed by atoms with E-state index in [-0.39, 0.29) is 5.56 Å². The number of hydrogen-bond donors (Lipinski definition) is 0.